The first-order chi connectivity index (χ1) is 8.67. The lowest BCUT2D eigenvalue weighted by molar-refractivity contribution is 0.126. The second-order valence-electron chi connectivity index (χ2n) is 4.80. The van der Waals surface area contributed by atoms with E-state index in [4.69, 9.17) is 4.74 Å². The van der Waals surface area contributed by atoms with Gasteiger partial charge in [0.15, 0.2) is 0 Å². The highest BCUT2D eigenvalue weighted by Crippen LogP contribution is 2.12. The number of hydrogen-bond donors (Lipinski definition) is 1. The summed E-state index contributed by atoms with van der Waals surface area (Å²) >= 11 is 0. The van der Waals surface area contributed by atoms with Gasteiger partial charge in [-0.15, -0.1) is 0 Å². The second kappa shape index (κ2) is 8.03. The molecule has 4 nitrogen and oxygen atoms in total. The summed E-state index contributed by atoms with van der Waals surface area (Å²) in [5, 5.41) is 3.44. The van der Waals surface area contributed by atoms with Gasteiger partial charge in [0.2, 0.25) is 0 Å². The van der Waals surface area contributed by atoms with Crippen molar-refractivity contribution in [2.24, 2.45) is 5.92 Å². The molecule has 0 aromatic carbocycles. The van der Waals surface area contributed by atoms with Gasteiger partial charge in [-0.3, -0.25) is 0 Å². The molecule has 1 aromatic rings. The van der Waals surface area contributed by atoms with Crippen molar-refractivity contribution in [3.63, 3.8) is 0 Å². The van der Waals surface area contributed by atoms with E-state index in [0.29, 0.717) is 12.5 Å². The topological polar surface area (TPSA) is 47.0 Å². The molecule has 0 aliphatic carbocycles. The molecule has 4 heteroatoms. The van der Waals surface area contributed by atoms with E-state index in [1.807, 2.05) is 13.0 Å². The van der Waals surface area contributed by atoms with Crippen LogP contribution in [0.5, 0.6) is 0 Å². The molecule has 0 aliphatic heterocycles. The third-order valence-electron chi connectivity index (χ3n) is 2.87. The third kappa shape index (κ3) is 5.00. The number of rotatable bonds is 8. The maximum atomic E-state index is 5.50. The van der Waals surface area contributed by atoms with E-state index in [1.165, 1.54) is 0 Å². The van der Waals surface area contributed by atoms with Crippen LogP contribution < -0.4 is 5.32 Å². The summed E-state index contributed by atoms with van der Waals surface area (Å²) in [6.07, 6.45) is 3.73. The monoisotopic (exact) mass is 251 g/mol. The number of anilines is 1. The molecule has 1 aromatic heterocycles. The van der Waals surface area contributed by atoms with Crippen molar-refractivity contribution in [2.45, 2.75) is 46.6 Å². The van der Waals surface area contributed by atoms with Crippen LogP contribution in [-0.4, -0.2) is 29.2 Å². The van der Waals surface area contributed by atoms with Crippen molar-refractivity contribution in [2.75, 3.05) is 18.5 Å². The summed E-state index contributed by atoms with van der Waals surface area (Å²) in [7, 11) is 0. The number of aryl methyl sites for hydroxylation is 1. The fourth-order valence-corrected chi connectivity index (χ4v) is 1.70. The Bertz CT molecular complexity index is 342. The normalized spacial score (nSPS) is 12.7. The standard InChI is InChI=1S/C14H25N3O/c1-5-7-12-8-14(16-10-15-12)17-13(11(3)4)9-18-6-2/h8,10-11,13H,5-7,9H2,1-4H3,(H,15,16,17). The Morgan fingerprint density at radius 3 is 2.67 bits per heavy atom. The van der Waals surface area contributed by atoms with Gasteiger partial charge < -0.3 is 10.1 Å². The van der Waals surface area contributed by atoms with Crippen molar-refractivity contribution >= 4 is 5.82 Å². The molecule has 0 aliphatic rings. The van der Waals surface area contributed by atoms with Crippen LogP contribution in [0.25, 0.3) is 0 Å². The van der Waals surface area contributed by atoms with Gasteiger partial charge in [-0.2, -0.15) is 0 Å². The SMILES string of the molecule is CCCc1cc(NC(COCC)C(C)C)ncn1. The van der Waals surface area contributed by atoms with Gasteiger partial charge in [-0.05, 0) is 19.3 Å². The molecular weight excluding hydrogens is 226 g/mol. The number of aromatic nitrogens is 2. The Labute approximate surface area is 110 Å². The van der Waals surface area contributed by atoms with Crippen LogP contribution in [0.4, 0.5) is 5.82 Å². The molecule has 0 saturated carbocycles. The van der Waals surface area contributed by atoms with Crippen LogP contribution in [0.15, 0.2) is 12.4 Å². The fraction of sp³-hybridized carbons (Fsp3) is 0.714. The van der Waals surface area contributed by atoms with Gasteiger partial charge >= 0.3 is 0 Å². The maximum absolute atomic E-state index is 5.50. The first-order valence-corrected chi connectivity index (χ1v) is 6.82. The molecule has 1 atom stereocenters. The van der Waals surface area contributed by atoms with Crippen LogP contribution in [0, 0.1) is 5.92 Å². The highest BCUT2D eigenvalue weighted by Gasteiger charge is 2.14. The molecule has 0 spiro atoms. The quantitative estimate of drug-likeness (QED) is 0.771. The maximum Gasteiger partial charge on any atom is 0.129 e. The lowest BCUT2D eigenvalue weighted by Gasteiger charge is -2.22. The van der Waals surface area contributed by atoms with Crippen LogP contribution >= 0.6 is 0 Å². The average molecular weight is 251 g/mol. The molecule has 0 fully saturated rings. The van der Waals surface area contributed by atoms with Gasteiger partial charge in [0.1, 0.15) is 12.1 Å². The van der Waals surface area contributed by atoms with Crippen molar-refractivity contribution in [3.05, 3.63) is 18.1 Å². The van der Waals surface area contributed by atoms with Gasteiger partial charge in [-0.25, -0.2) is 9.97 Å². The highest BCUT2D eigenvalue weighted by molar-refractivity contribution is 5.36. The second-order valence-corrected chi connectivity index (χ2v) is 4.80. The third-order valence-corrected chi connectivity index (χ3v) is 2.87. The summed E-state index contributed by atoms with van der Waals surface area (Å²) < 4.78 is 5.50. The van der Waals surface area contributed by atoms with Crippen molar-refractivity contribution < 1.29 is 4.74 Å². The number of nitrogens with zero attached hydrogens (tertiary/aromatic N) is 2. The van der Waals surface area contributed by atoms with Crippen molar-refractivity contribution in [1.82, 2.24) is 9.97 Å². The zero-order chi connectivity index (χ0) is 13.4. The van der Waals surface area contributed by atoms with E-state index < -0.39 is 0 Å². The highest BCUT2D eigenvalue weighted by atomic mass is 16.5. The van der Waals surface area contributed by atoms with E-state index in [2.05, 4.69) is 36.1 Å². The first kappa shape index (κ1) is 14.9. The van der Waals surface area contributed by atoms with Crippen LogP contribution in [0.1, 0.15) is 39.8 Å². The minimum Gasteiger partial charge on any atom is -0.380 e. The summed E-state index contributed by atoms with van der Waals surface area (Å²) in [4.78, 5) is 8.54. The van der Waals surface area contributed by atoms with Gasteiger partial charge in [0, 0.05) is 18.4 Å². The first-order valence-electron chi connectivity index (χ1n) is 6.82. The van der Waals surface area contributed by atoms with E-state index in [0.717, 1.165) is 31.0 Å². The van der Waals surface area contributed by atoms with Crippen molar-refractivity contribution in [1.29, 1.82) is 0 Å². The molecule has 0 bridgehead atoms. The van der Waals surface area contributed by atoms with Crippen LogP contribution in [0.3, 0.4) is 0 Å². The Morgan fingerprint density at radius 2 is 2.06 bits per heavy atom. The smallest absolute Gasteiger partial charge is 0.129 e. The number of ether oxygens (including phenoxy) is 1. The molecule has 1 unspecified atom stereocenters. The van der Waals surface area contributed by atoms with E-state index in [-0.39, 0.29) is 6.04 Å². The van der Waals surface area contributed by atoms with E-state index >= 15 is 0 Å². The Kier molecular flexibility index (Phi) is 6.65. The summed E-state index contributed by atoms with van der Waals surface area (Å²) in [5.74, 6) is 1.40. The number of nitrogens with one attached hydrogen (secondary N) is 1. The predicted octanol–water partition coefficient (Wildman–Crippen LogP) is 2.90. The molecule has 1 N–H and O–H groups in total. The minimum absolute atomic E-state index is 0.286. The summed E-state index contributed by atoms with van der Waals surface area (Å²) in [5.41, 5.74) is 1.09. The van der Waals surface area contributed by atoms with Gasteiger partial charge in [-0.1, -0.05) is 27.2 Å². The molecule has 0 saturated heterocycles. The van der Waals surface area contributed by atoms with E-state index in [1.54, 1.807) is 6.33 Å². The Morgan fingerprint density at radius 1 is 1.28 bits per heavy atom. The molecule has 0 radical (unpaired) electrons. The summed E-state index contributed by atoms with van der Waals surface area (Å²) in [6, 6.07) is 2.32. The van der Waals surface area contributed by atoms with Crippen LogP contribution in [-0.2, 0) is 11.2 Å². The molecule has 18 heavy (non-hydrogen) atoms. The summed E-state index contributed by atoms with van der Waals surface area (Å²) in [6.45, 7) is 10.00. The molecular formula is C14H25N3O. The Balaban J connectivity index is 2.64. The fourth-order valence-electron chi connectivity index (χ4n) is 1.70. The lowest BCUT2D eigenvalue weighted by Crippen LogP contribution is -2.31. The zero-order valence-corrected chi connectivity index (χ0v) is 11.9. The molecule has 102 valence electrons. The van der Waals surface area contributed by atoms with Gasteiger partial charge in [0.05, 0.1) is 12.6 Å². The largest absolute Gasteiger partial charge is 0.380 e. The minimum atomic E-state index is 0.286. The molecule has 1 rings (SSSR count). The Hall–Kier alpha value is -1.16. The molecule has 0 amide bonds. The number of hydrogen-bond acceptors (Lipinski definition) is 4. The van der Waals surface area contributed by atoms with Crippen molar-refractivity contribution in [3.8, 4) is 0 Å². The van der Waals surface area contributed by atoms with E-state index in [9.17, 15) is 0 Å². The zero-order valence-electron chi connectivity index (χ0n) is 11.9. The predicted molar refractivity (Wildman–Crippen MR) is 74.8 cm³/mol. The van der Waals surface area contributed by atoms with Crippen LogP contribution in [0.2, 0.25) is 0 Å². The average Bonchev–Trinajstić information content (AvgIpc) is 2.35. The molecule has 1 heterocycles. The van der Waals surface area contributed by atoms with Gasteiger partial charge in [0.25, 0.3) is 0 Å². The lowest BCUT2D eigenvalue weighted by atomic mass is 10.1.